The third-order valence-corrected chi connectivity index (χ3v) is 3.13. The molecular formula is C18H17NaO3S. The van der Waals surface area contributed by atoms with Gasteiger partial charge in [0, 0.05) is 5.41 Å². The average molecular weight is 336 g/mol. The van der Waals surface area contributed by atoms with Gasteiger partial charge in [-0.25, -0.2) is 8.42 Å². The van der Waals surface area contributed by atoms with Crippen molar-refractivity contribution in [1.29, 1.82) is 0 Å². The molecule has 0 aliphatic heterocycles. The first-order chi connectivity index (χ1) is 10.5. The maximum atomic E-state index is 10.2. The van der Waals surface area contributed by atoms with Crippen molar-refractivity contribution >= 4 is 28.3 Å². The Morgan fingerprint density at radius 1 is 0.826 bits per heavy atom. The molecule has 0 fully saturated rings. The van der Waals surface area contributed by atoms with Crippen molar-refractivity contribution in [2.24, 2.45) is 0 Å². The summed E-state index contributed by atoms with van der Waals surface area (Å²) in [5, 5.41) is 0.641. The molecular weight excluding hydrogens is 319 g/mol. The fourth-order valence-electron chi connectivity index (χ4n) is 1.61. The number of benzene rings is 2. The van der Waals surface area contributed by atoms with Crippen LogP contribution in [0.4, 0.5) is 0 Å². The first kappa shape index (κ1) is 21.6. The Hall–Kier alpha value is -1.43. The molecule has 5 heteroatoms. The van der Waals surface area contributed by atoms with E-state index in [1.54, 1.807) is 24.3 Å². The molecule has 0 spiro atoms. The van der Waals surface area contributed by atoms with Crippen LogP contribution in [0, 0.1) is 0 Å². The van der Waals surface area contributed by atoms with E-state index in [4.69, 9.17) is 0 Å². The van der Waals surface area contributed by atoms with Crippen molar-refractivity contribution in [3.8, 4) is 0 Å². The third-order valence-electron chi connectivity index (χ3n) is 2.66. The summed E-state index contributed by atoms with van der Waals surface area (Å²) in [4.78, 5) is 0. The molecule has 0 aromatic heterocycles. The minimum atomic E-state index is -4.25. The Morgan fingerprint density at radius 3 is 1.65 bits per heavy atom. The van der Waals surface area contributed by atoms with E-state index in [1.165, 1.54) is 6.08 Å². The van der Waals surface area contributed by atoms with Crippen LogP contribution in [0.3, 0.4) is 0 Å². The van der Waals surface area contributed by atoms with Crippen LogP contribution in [0.1, 0.15) is 16.7 Å². The minimum absolute atomic E-state index is 0. The van der Waals surface area contributed by atoms with Gasteiger partial charge in [0.25, 0.3) is 0 Å². The van der Waals surface area contributed by atoms with Gasteiger partial charge in [0.2, 0.25) is 0 Å². The van der Waals surface area contributed by atoms with Crippen LogP contribution >= 0.6 is 0 Å². The topological polar surface area (TPSA) is 57.2 Å². The molecule has 0 amide bonds. The standard InChI is InChI=1S/C10H10.C8H8O3S.Na/c1-3-9-7-5-6-8-10(9)4-2;9-12(10,11)7-6-8-4-2-1-3-5-8;/h3-8H,1-2H2;1-7H,(H,9,10,11);/q;;+1/p-1. The SMILES string of the molecule is C=Cc1ccccc1C=C.O=S(=O)([O-])C=Cc1ccccc1.[Na+]. The summed E-state index contributed by atoms with van der Waals surface area (Å²) in [5.74, 6) is 0. The second-order valence-corrected chi connectivity index (χ2v) is 5.50. The van der Waals surface area contributed by atoms with E-state index in [-0.39, 0.29) is 29.6 Å². The van der Waals surface area contributed by atoms with Gasteiger partial charge in [-0.2, -0.15) is 0 Å². The van der Waals surface area contributed by atoms with E-state index in [0.717, 1.165) is 11.1 Å². The largest absolute Gasteiger partial charge is 1.00 e. The number of hydrogen-bond acceptors (Lipinski definition) is 3. The van der Waals surface area contributed by atoms with Gasteiger partial charge in [0.15, 0.2) is 0 Å². The summed E-state index contributed by atoms with van der Waals surface area (Å²) in [6, 6.07) is 16.8. The van der Waals surface area contributed by atoms with Crippen molar-refractivity contribution in [3.05, 3.63) is 89.9 Å². The zero-order chi connectivity index (χ0) is 16.4. The van der Waals surface area contributed by atoms with Crippen molar-refractivity contribution in [1.82, 2.24) is 0 Å². The summed E-state index contributed by atoms with van der Waals surface area (Å²) < 4.78 is 30.5. The van der Waals surface area contributed by atoms with Crippen LogP contribution < -0.4 is 29.6 Å². The molecule has 2 rings (SSSR count). The second kappa shape index (κ2) is 11.2. The fourth-order valence-corrected chi connectivity index (χ4v) is 1.93. The van der Waals surface area contributed by atoms with Crippen LogP contribution in [0.25, 0.3) is 18.2 Å². The summed E-state index contributed by atoms with van der Waals surface area (Å²) in [7, 11) is -4.25. The van der Waals surface area contributed by atoms with Gasteiger partial charge in [0.05, 0.1) is 0 Å². The quantitative estimate of drug-likeness (QED) is 0.622. The molecule has 0 saturated heterocycles. The van der Waals surface area contributed by atoms with Gasteiger partial charge < -0.3 is 4.55 Å². The van der Waals surface area contributed by atoms with Crippen LogP contribution in [-0.2, 0) is 10.1 Å². The van der Waals surface area contributed by atoms with Crippen molar-refractivity contribution in [2.75, 3.05) is 0 Å². The zero-order valence-corrected chi connectivity index (χ0v) is 15.9. The summed E-state index contributed by atoms with van der Waals surface area (Å²) in [6.45, 7) is 7.38. The molecule has 0 atom stereocenters. The Bertz CT molecular complexity index is 724. The van der Waals surface area contributed by atoms with Crippen molar-refractivity contribution in [3.63, 3.8) is 0 Å². The predicted molar refractivity (Wildman–Crippen MR) is 91.8 cm³/mol. The molecule has 0 radical (unpaired) electrons. The second-order valence-electron chi connectivity index (χ2n) is 4.24. The van der Waals surface area contributed by atoms with Gasteiger partial charge in [-0.15, -0.1) is 0 Å². The van der Waals surface area contributed by atoms with Crippen LogP contribution in [0.15, 0.2) is 73.2 Å². The molecule has 2 aromatic carbocycles. The van der Waals surface area contributed by atoms with Crippen molar-refractivity contribution < 1.29 is 42.5 Å². The Morgan fingerprint density at radius 2 is 1.26 bits per heavy atom. The summed E-state index contributed by atoms with van der Waals surface area (Å²) in [6.07, 6.45) is 4.93. The van der Waals surface area contributed by atoms with Gasteiger partial charge in [-0.1, -0.05) is 79.9 Å². The van der Waals surface area contributed by atoms with Gasteiger partial charge >= 0.3 is 29.6 Å². The molecule has 2 aromatic rings. The molecule has 0 aliphatic carbocycles. The first-order valence-electron chi connectivity index (χ1n) is 6.49. The van der Waals surface area contributed by atoms with E-state index in [1.807, 2.05) is 42.5 Å². The van der Waals surface area contributed by atoms with Gasteiger partial charge in [0.1, 0.15) is 10.1 Å². The first-order valence-corrected chi connectivity index (χ1v) is 7.96. The number of hydrogen-bond donors (Lipinski definition) is 0. The summed E-state index contributed by atoms with van der Waals surface area (Å²) >= 11 is 0. The monoisotopic (exact) mass is 336 g/mol. The number of rotatable bonds is 4. The maximum Gasteiger partial charge on any atom is 1.00 e. The predicted octanol–water partition coefficient (Wildman–Crippen LogP) is 1.18. The molecule has 0 bridgehead atoms. The molecule has 0 aliphatic rings. The zero-order valence-electron chi connectivity index (χ0n) is 13.1. The molecule has 0 N–H and O–H groups in total. The van der Waals surface area contributed by atoms with E-state index in [0.29, 0.717) is 11.0 Å². The smallest absolute Gasteiger partial charge is 0.744 e. The Kier molecular flexibility index (Phi) is 10.5. The van der Waals surface area contributed by atoms with E-state index in [9.17, 15) is 13.0 Å². The minimum Gasteiger partial charge on any atom is -0.744 e. The Balaban J connectivity index is 0.000000409. The Labute approximate surface area is 160 Å². The van der Waals surface area contributed by atoms with Gasteiger partial charge in [-0.05, 0) is 22.8 Å². The molecule has 3 nitrogen and oxygen atoms in total. The fraction of sp³-hybridized carbons (Fsp3) is 0. The normalized spacial score (nSPS) is 10.1. The maximum absolute atomic E-state index is 10.2. The van der Waals surface area contributed by atoms with E-state index < -0.39 is 10.1 Å². The molecule has 0 saturated carbocycles. The van der Waals surface area contributed by atoms with Crippen LogP contribution in [0.2, 0.25) is 0 Å². The molecule has 114 valence electrons. The third kappa shape index (κ3) is 9.33. The van der Waals surface area contributed by atoms with Gasteiger partial charge in [-0.3, -0.25) is 0 Å². The van der Waals surface area contributed by atoms with E-state index in [2.05, 4.69) is 13.2 Å². The van der Waals surface area contributed by atoms with Crippen molar-refractivity contribution in [2.45, 2.75) is 0 Å². The van der Waals surface area contributed by atoms with Crippen LogP contribution in [-0.4, -0.2) is 13.0 Å². The molecule has 0 unspecified atom stereocenters. The van der Waals surface area contributed by atoms with Crippen LogP contribution in [0.5, 0.6) is 0 Å². The van der Waals surface area contributed by atoms with E-state index >= 15 is 0 Å². The molecule has 0 heterocycles. The average Bonchev–Trinajstić information content (AvgIpc) is 2.54. The molecule has 23 heavy (non-hydrogen) atoms. The summed E-state index contributed by atoms with van der Waals surface area (Å²) in [5.41, 5.74) is 2.96.